The van der Waals surface area contributed by atoms with Gasteiger partial charge in [0, 0.05) is 31.0 Å². The number of hydrogen-bond acceptors (Lipinski definition) is 2. The van der Waals surface area contributed by atoms with Gasteiger partial charge in [0.1, 0.15) is 5.78 Å². The fraction of sp³-hybridized carbons (Fsp3) is 0.304. The van der Waals surface area contributed by atoms with E-state index in [9.17, 15) is 9.59 Å². The Balaban J connectivity index is 0.00000625. The molecule has 0 aliphatic rings. The Morgan fingerprint density at radius 2 is 1.88 bits per heavy atom. The van der Waals surface area contributed by atoms with Crippen molar-refractivity contribution in [2.24, 2.45) is 5.92 Å². The maximum Gasteiger partial charge on any atom is 0.164 e. The van der Waals surface area contributed by atoms with E-state index in [0.29, 0.717) is 30.4 Å². The monoisotopic (exact) mass is 336 g/mol. The zero-order valence-corrected chi connectivity index (χ0v) is 15.4. The first-order valence-electron chi connectivity index (χ1n) is 8.36. The molecule has 0 fully saturated rings. The van der Waals surface area contributed by atoms with Gasteiger partial charge >= 0.3 is 0 Å². The molecule has 25 heavy (non-hydrogen) atoms. The fourth-order valence-electron chi connectivity index (χ4n) is 2.73. The lowest BCUT2D eigenvalue weighted by atomic mass is 9.86. The zero-order valence-electron chi connectivity index (χ0n) is 15.4. The highest BCUT2D eigenvalue weighted by Gasteiger charge is 2.20. The van der Waals surface area contributed by atoms with Crippen LogP contribution in [0.1, 0.15) is 56.0 Å². The highest BCUT2D eigenvalue weighted by Crippen LogP contribution is 2.27. The molecule has 1 aromatic carbocycles. The Morgan fingerprint density at radius 1 is 1.20 bits per heavy atom. The van der Waals surface area contributed by atoms with Crippen LogP contribution in [0.25, 0.3) is 5.57 Å². The average Bonchev–Trinajstić information content (AvgIpc) is 2.59. The molecule has 0 saturated heterocycles. The van der Waals surface area contributed by atoms with Crippen molar-refractivity contribution in [3.63, 3.8) is 0 Å². The van der Waals surface area contributed by atoms with E-state index in [2.05, 4.69) is 31.2 Å². The summed E-state index contributed by atoms with van der Waals surface area (Å²) < 4.78 is 0. The maximum atomic E-state index is 13.0. The van der Waals surface area contributed by atoms with Crippen LogP contribution in [0.3, 0.4) is 0 Å². The number of allylic oxidation sites excluding steroid dienone is 3. The summed E-state index contributed by atoms with van der Waals surface area (Å²) in [5.41, 5.74) is 9.76. The Kier molecular flexibility index (Phi) is 7.82. The van der Waals surface area contributed by atoms with Crippen molar-refractivity contribution in [3.8, 4) is 0 Å². The SMILES string of the molecule is C=C=C(C=C)c1ccc(C)cc1C(=O)CC(CCC(C)=O)C(C)=C=C.[HH]. The summed E-state index contributed by atoms with van der Waals surface area (Å²) in [6.07, 6.45) is 3.04. The van der Waals surface area contributed by atoms with Crippen molar-refractivity contribution < 1.29 is 11.0 Å². The molecular weight excluding hydrogens is 308 g/mol. The van der Waals surface area contributed by atoms with Gasteiger partial charge < -0.3 is 4.79 Å². The number of rotatable bonds is 9. The molecule has 0 saturated carbocycles. The second-order valence-corrected chi connectivity index (χ2v) is 6.27. The van der Waals surface area contributed by atoms with Crippen molar-refractivity contribution in [1.29, 1.82) is 0 Å². The third kappa shape index (κ3) is 5.72. The van der Waals surface area contributed by atoms with Crippen LogP contribution in [-0.4, -0.2) is 11.6 Å². The number of carbonyl (C=O) groups excluding carboxylic acids is 2. The number of benzene rings is 1. The third-order valence-electron chi connectivity index (χ3n) is 4.33. The number of ketones is 2. The fourth-order valence-corrected chi connectivity index (χ4v) is 2.73. The quantitative estimate of drug-likeness (QED) is 0.320. The van der Waals surface area contributed by atoms with Gasteiger partial charge in [0.05, 0.1) is 0 Å². The number of Topliss-reactive ketones (excluding diaryl/α,β-unsaturated/α-hetero) is 2. The van der Waals surface area contributed by atoms with Crippen LogP contribution in [0.15, 0.2) is 61.0 Å². The Labute approximate surface area is 152 Å². The summed E-state index contributed by atoms with van der Waals surface area (Å²) in [5.74, 6) is 0.104. The summed E-state index contributed by atoms with van der Waals surface area (Å²) in [4.78, 5) is 24.3. The summed E-state index contributed by atoms with van der Waals surface area (Å²) in [5, 5.41) is 0. The molecule has 0 bridgehead atoms. The molecule has 1 atom stereocenters. The van der Waals surface area contributed by atoms with E-state index >= 15 is 0 Å². The zero-order chi connectivity index (χ0) is 19.0. The van der Waals surface area contributed by atoms with Crippen molar-refractivity contribution in [2.75, 3.05) is 0 Å². The second kappa shape index (κ2) is 9.59. The normalized spacial score (nSPS) is 11.0. The molecule has 0 aliphatic heterocycles. The molecule has 0 heterocycles. The summed E-state index contributed by atoms with van der Waals surface area (Å²) >= 11 is 0. The molecule has 0 radical (unpaired) electrons. The molecule has 1 unspecified atom stereocenters. The molecular formula is C23H28O2. The van der Waals surface area contributed by atoms with Gasteiger partial charge in [0.2, 0.25) is 0 Å². The highest BCUT2D eigenvalue weighted by molar-refractivity contribution is 6.02. The molecule has 1 aromatic rings. The molecule has 0 aromatic heterocycles. The minimum atomic E-state index is -0.0397. The minimum Gasteiger partial charge on any atom is -0.300 e. The number of hydrogen-bond donors (Lipinski definition) is 0. The van der Waals surface area contributed by atoms with Crippen molar-refractivity contribution in [2.45, 2.75) is 40.0 Å². The third-order valence-corrected chi connectivity index (χ3v) is 4.33. The lowest BCUT2D eigenvalue weighted by Crippen LogP contribution is -2.13. The topological polar surface area (TPSA) is 34.1 Å². The molecule has 132 valence electrons. The van der Waals surface area contributed by atoms with Crippen molar-refractivity contribution >= 4 is 17.1 Å². The van der Waals surface area contributed by atoms with E-state index in [-0.39, 0.29) is 18.9 Å². The van der Waals surface area contributed by atoms with E-state index in [0.717, 1.165) is 16.7 Å². The van der Waals surface area contributed by atoms with E-state index in [4.69, 9.17) is 0 Å². The second-order valence-electron chi connectivity index (χ2n) is 6.27. The average molecular weight is 336 g/mol. The summed E-state index contributed by atoms with van der Waals surface area (Å²) in [6.45, 7) is 16.6. The predicted molar refractivity (Wildman–Crippen MR) is 107 cm³/mol. The Hall–Kier alpha value is -2.66. The van der Waals surface area contributed by atoms with Crippen LogP contribution in [0.2, 0.25) is 0 Å². The Morgan fingerprint density at radius 3 is 2.40 bits per heavy atom. The van der Waals surface area contributed by atoms with Crippen LogP contribution in [0, 0.1) is 12.8 Å². The van der Waals surface area contributed by atoms with Gasteiger partial charge in [-0.3, -0.25) is 4.79 Å². The standard InChI is InChI=1S/C23H26O2.H2/c1-7-17(5)20(12-11-18(6)24)15-23(25)22-14-16(4)10-13-21(22)19(8-2)9-3;/h8,10,13-14,20H,1-3,11-12,15H2,4-6H3;1H. The molecule has 0 amide bonds. The number of carbonyl (C=O) groups is 2. The smallest absolute Gasteiger partial charge is 0.164 e. The van der Waals surface area contributed by atoms with Crippen molar-refractivity contribution in [3.05, 3.63) is 77.7 Å². The van der Waals surface area contributed by atoms with Crippen LogP contribution in [0.4, 0.5) is 0 Å². The van der Waals surface area contributed by atoms with Gasteiger partial charge in [-0.2, -0.15) is 0 Å². The van der Waals surface area contributed by atoms with Crippen molar-refractivity contribution in [1.82, 2.24) is 0 Å². The first kappa shape index (κ1) is 20.4. The lowest BCUT2D eigenvalue weighted by Gasteiger charge is -2.17. The molecule has 1 rings (SSSR count). The molecule has 0 aliphatic carbocycles. The van der Waals surface area contributed by atoms with E-state index in [1.165, 1.54) is 0 Å². The largest absolute Gasteiger partial charge is 0.300 e. The van der Waals surface area contributed by atoms with Crippen LogP contribution >= 0.6 is 0 Å². The highest BCUT2D eigenvalue weighted by atomic mass is 16.1. The Bertz CT molecular complexity index is 788. The van der Waals surface area contributed by atoms with Gasteiger partial charge in [-0.25, -0.2) is 0 Å². The molecule has 2 heteroatoms. The van der Waals surface area contributed by atoms with Gasteiger partial charge in [0.15, 0.2) is 5.78 Å². The number of aryl methyl sites for hydroxylation is 1. The first-order chi connectivity index (χ1) is 11.8. The van der Waals surface area contributed by atoms with E-state index in [1.807, 2.05) is 32.0 Å². The lowest BCUT2D eigenvalue weighted by molar-refractivity contribution is -0.117. The first-order valence-corrected chi connectivity index (χ1v) is 8.36. The van der Waals surface area contributed by atoms with Gasteiger partial charge in [-0.1, -0.05) is 43.5 Å². The predicted octanol–water partition coefficient (Wildman–Crippen LogP) is 5.88. The van der Waals surface area contributed by atoms with Crippen LogP contribution in [-0.2, 0) is 4.79 Å². The van der Waals surface area contributed by atoms with Crippen LogP contribution in [0.5, 0.6) is 0 Å². The molecule has 0 spiro atoms. The van der Waals surface area contributed by atoms with Gasteiger partial charge in [0.25, 0.3) is 0 Å². The summed E-state index contributed by atoms with van der Waals surface area (Å²) in [7, 11) is 0. The molecule has 0 N–H and O–H groups in total. The summed E-state index contributed by atoms with van der Waals surface area (Å²) in [6, 6.07) is 5.74. The maximum absolute atomic E-state index is 13.0. The van der Waals surface area contributed by atoms with Crippen LogP contribution < -0.4 is 0 Å². The van der Waals surface area contributed by atoms with E-state index < -0.39 is 0 Å². The minimum absolute atomic E-state index is 0. The van der Waals surface area contributed by atoms with E-state index in [1.54, 1.807) is 13.0 Å². The van der Waals surface area contributed by atoms with Gasteiger partial charge in [-0.05, 0) is 44.7 Å². The molecule has 2 nitrogen and oxygen atoms in total. The van der Waals surface area contributed by atoms with Gasteiger partial charge in [-0.15, -0.1) is 11.5 Å².